The van der Waals surface area contributed by atoms with Crippen LogP contribution in [0.1, 0.15) is 37.3 Å². The van der Waals surface area contributed by atoms with Gasteiger partial charge >= 0.3 is 6.18 Å². The fourth-order valence-electron chi connectivity index (χ4n) is 2.71. The Morgan fingerprint density at radius 3 is 2.62 bits per heavy atom. The highest BCUT2D eigenvalue weighted by Crippen LogP contribution is 2.38. The molecule has 0 saturated carbocycles. The molecule has 0 aromatic carbocycles. The summed E-state index contributed by atoms with van der Waals surface area (Å²) in [6, 6.07) is 0. The Balaban J connectivity index is 1.57. The highest BCUT2D eigenvalue weighted by molar-refractivity contribution is 5.76. The van der Waals surface area contributed by atoms with E-state index >= 15 is 0 Å². The van der Waals surface area contributed by atoms with Crippen LogP contribution in [-0.4, -0.2) is 37.8 Å². The van der Waals surface area contributed by atoms with Crippen molar-refractivity contribution in [1.82, 2.24) is 19.7 Å². The number of carbonyl (C=O) groups excluding carboxylic acids is 1. The molecule has 0 N–H and O–H groups in total. The van der Waals surface area contributed by atoms with Crippen LogP contribution in [0.2, 0.25) is 0 Å². The van der Waals surface area contributed by atoms with Crippen LogP contribution >= 0.6 is 0 Å². The number of aromatic nitrogens is 3. The van der Waals surface area contributed by atoms with Gasteiger partial charge in [0.15, 0.2) is 11.5 Å². The van der Waals surface area contributed by atoms with Crippen LogP contribution in [0, 0.1) is 12.3 Å². The normalized spacial score (nSPS) is 18.2. The Labute approximate surface area is 135 Å². The van der Waals surface area contributed by atoms with Gasteiger partial charge in [0.1, 0.15) is 0 Å². The quantitative estimate of drug-likeness (QED) is 0.769. The molecule has 7 nitrogen and oxygen atoms in total. The van der Waals surface area contributed by atoms with E-state index in [1.165, 1.54) is 4.90 Å². The summed E-state index contributed by atoms with van der Waals surface area (Å²) >= 11 is 0. The second kappa shape index (κ2) is 5.89. The summed E-state index contributed by atoms with van der Waals surface area (Å²) in [5.41, 5.74) is -0.540. The third-order valence-electron chi connectivity index (χ3n) is 4.15. The van der Waals surface area contributed by atoms with E-state index in [0.717, 1.165) is 4.57 Å². The molecule has 1 aromatic rings. The summed E-state index contributed by atoms with van der Waals surface area (Å²) in [7, 11) is 0. The Kier molecular flexibility index (Phi) is 4.03. The number of carbonyl (C=O) groups is 1. The van der Waals surface area contributed by atoms with Crippen molar-refractivity contribution in [2.75, 3.05) is 6.54 Å². The molecule has 3 rings (SSSR count). The number of alkyl halides is 3. The molecule has 0 unspecified atom stereocenters. The van der Waals surface area contributed by atoms with E-state index in [-0.39, 0.29) is 37.8 Å². The highest BCUT2D eigenvalue weighted by atomic mass is 19.4. The summed E-state index contributed by atoms with van der Waals surface area (Å²) in [6.07, 6.45) is 2.49. The number of nitrogens with zero attached hydrogens (tertiary/aromatic N) is 6. The number of terminal acetylenes is 1. The lowest BCUT2D eigenvalue weighted by Gasteiger charge is -2.28. The number of amides is 1. The van der Waals surface area contributed by atoms with Gasteiger partial charge < -0.3 is 9.47 Å². The number of fused-ring (bicyclic) bond motifs is 1. The molecule has 0 aliphatic carbocycles. The Bertz CT molecular complexity index is 711. The number of hydrogen-bond donors (Lipinski definition) is 0. The van der Waals surface area contributed by atoms with Crippen molar-refractivity contribution in [1.29, 1.82) is 0 Å². The first-order valence-electron chi connectivity index (χ1n) is 7.49. The van der Waals surface area contributed by atoms with Crippen molar-refractivity contribution < 1.29 is 18.0 Å². The van der Waals surface area contributed by atoms with Crippen LogP contribution < -0.4 is 0 Å². The van der Waals surface area contributed by atoms with Gasteiger partial charge in [-0.15, -0.1) is 22.5 Å². The molecule has 24 heavy (non-hydrogen) atoms. The maximum absolute atomic E-state index is 12.8. The second-order valence-corrected chi connectivity index (χ2v) is 5.79. The van der Waals surface area contributed by atoms with Crippen molar-refractivity contribution in [2.45, 2.75) is 50.6 Å². The summed E-state index contributed by atoms with van der Waals surface area (Å²) in [4.78, 5) is 13.8. The standard InChI is InChI=1S/C14H15F3N6O/c1-2-3-5-13(20-21-13)6-4-11(24)22-7-8-23-10(9-22)18-19-12(23)14(15,16)17/h1H,3-9H2. The molecular formula is C14H15F3N6O. The maximum Gasteiger partial charge on any atom is 0.451 e. The molecule has 10 heteroatoms. The first kappa shape index (κ1) is 16.4. The van der Waals surface area contributed by atoms with E-state index in [2.05, 4.69) is 26.3 Å². The first-order chi connectivity index (χ1) is 11.3. The van der Waals surface area contributed by atoms with Gasteiger partial charge in [-0.3, -0.25) is 4.79 Å². The van der Waals surface area contributed by atoms with Gasteiger partial charge in [-0.2, -0.15) is 23.4 Å². The zero-order chi connectivity index (χ0) is 17.4. The molecule has 0 spiro atoms. The van der Waals surface area contributed by atoms with Crippen LogP contribution in [0.25, 0.3) is 0 Å². The van der Waals surface area contributed by atoms with Crippen molar-refractivity contribution >= 4 is 5.91 Å². The molecule has 1 aromatic heterocycles. The van der Waals surface area contributed by atoms with Crippen molar-refractivity contribution in [3.8, 4) is 12.3 Å². The van der Waals surface area contributed by atoms with Crippen LogP contribution in [0.15, 0.2) is 10.2 Å². The SMILES string of the molecule is C#CCCC1(CCC(=O)N2CCn3c(nnc3C(F)(F)F)C2)N=N1. The predicted molar refractivity (Wildman–Crippen MR) is 75.3 cm³/mol. The number of rotatable bonds is 5. The van der Waals surface area contributed by atoms with Gasteiger partial charge in [0, 0.05) is 38.8 Å². The first-order valence-corrected chi connectivity index (χ1v) is 7.49. The zero-order valence-electron chi connectivity index (χ0n) is 12.8. The predicted octanol–water partition coefficient (Wildman–Crippen LogP) is 1.99. The average Bonchev–Trinajstić information content (AvgIpc) is 3.17. The lowest BCUT2D eigenvalue weighted by atomic mass is 10.0. The Hall–Kier alpha value is -2.44. The smallest absolute Gasteiger partial charge is 0.333 e. The number of halogens is 3. The van der Waals surface area contributed by atoms with Crippen LogP contribution in [-0.2, 0) is 24.1 Å². The summed E-state index contributed by atoms with van der Waals surface area (Å²) in [6.45, 7) is 0.242. The lowest BCUT2D eigenvalue weighted by molar-refractivity contribution is -0.148. The van der Waals surface area contributed by atoms with Crippen LogP contribution in [0.3, 0.4) is 0 Å². The number of hydrogen-bond acceptors (Lipinski definition) is 5. The third-order valence-corrected chi connectivity index (χ3v) is 4.15. The Morgan fingerprint density at radius 1 is 1.25 bits per heavy atom. The van der Waals surface area contributed by atoms with Gasteiger partial charge in [-0.05, 0) is 0 Å². The molecule has 0 radical (unpaired) electrons. The monoisotopic (exact) mass is 340 g/mol. The molecule has 2 aliphatic heterocycles. The van der Waals surface area contributed by atoms with Gasteiger partial charge in [0.25, 0.3) is 0 Å². The van der Waals surface area contributed by atoms with E-state index in [9.17, 15) is 18.0 Å². The maximum atomic E-state index is 12.8. The minimum atomic E-state index is -4.55. The minimum Gasteiger partial charge on any atom is -0.333 e. The molecular weight excluding hydrogens is 325 g/mol. The molecule has 3 heterocycles. The van der Waals surface area contributed by atoms with E-state index in [0.29, 0.717) is 19.3 Å². The fourth-order valence-corrected chi connectivity index (χ4v) is 2.71. The minimum absolute atomic E-state index is 0.0214. The second-order valence-electron chi connectivity index (χ2n) is 5.79. The summed E-state index contributed by atoms with van der Waals surface area (Å²) in [5, 5.41) is 14.7. The van der Waals surface area contributed by atoms with E-state index < -0.39 is 17.7 Å². The molecule has 1 amide bonds. The van der Waals surface area contributed by atoms with Crippen LogP contribution in [0.5, 0.6) is 0 Å². The topological polar surface area (TPSA) is 75.7 Å². The van der Waals surface area contributed by atoms with Crippen molar-refractivity contribution in [3.05, 3.63) is 11.6 Å². The largest absolute Gasteiger partial charge is 0.451 e. The highest BCUT2D eigenvalue weighted by Gasteiger charge is 2.41. The van der Waals surface area contributed by atoms with Gasteiger partial charge in [-0.25, -0.2) is 0 Å². The molecule has 0 atom stereocenters. The van der Waals surface area contributed by atoms with E-state index in [1.54, 1.807) is 0 Å². The summed E-state index contributed by atoms with van der Waals surface area (Å²) < 4.78 is 39.4. The van der Waals surface area contributed by atoms with E-state index in [4.69, 9.17) is 6.42 Å². The summed E-state index contributed by atoms with van der Waals surface area (Å²) in [5.74, 6) is 1.48. The molecule has 128 valence electrons. The molecule has 2 aliphatic rings. The fraction of sp³-hybridized carbons (Fsp3) is 0.643. The van der Waals surface area contributed by atoms with Crippen molar-refractivity contribution in [3.63, 3.8) is 0 Å². The van der Waals surface area contributed by atoms with Crippen molar-refractivity contribution in [2.24, 2.45) is 10.2 Å². The van der Waals surface area contributed by atoms with Gasteiger partial charge in [-0.1, -0.05) is 0 Å². The lowest BCUT2D eigenvalue weighted by Crippen LogP contribution is -2.39. The molecule has 0 bridgehead atoms. The third kappa shape index (κ3) is 3.25. The van der Waals surface area contributed by atoms with Gasteiger partial charge in [0.05, 0.1) is 6.54 Å². The molecule has 0 fully saturated rings. The molecule has 0 saturated heterocycles. The average molecular weight is 340 g/mol. The van der Waals surface area contributed by atoms with Gasteiger partial charge in [0.2, 0.25) is 11.7 Å². The Morgan fingerprint density at radius 2 is 2.00 bits per heavy atom. The zero-order valence-corrected chi connectivity index (χ0v) is 12.8. The van der Waals surface area contributed by atoms with E-state index in [1.807, 2.05) is 0 Å². The van der Waals surface area contributed by atoms with Crippen LogP contribution in [0.4, 0.5) is 13.2 Å².